The molecule has 0 spiro atoms. The van der Waals surface area contributed by atoms with E-state index in [0.29, 0.717) is 0 Å². The first kappa shape index (κ1) is 11.7. The van der Waals surface area contributed by atoms with Gasteiger partial charge in [0.1, 0.15) is 0 Å². The van der Waals surface area contributed by atoms with Crippen molar-refractivity contribution in [3.63, 3.8) is 0 Å². The maximum Gasteiger partial charge on any atom is -0.00888 e. The van der Waals surface area contributed by atoms with Crippen molar-refractivity contribution in [2.75, 3.05) is 0 Å². The topological polar surface area (TPSA) is 0 Å². The van der Waals surface area contributed by atoms with Crippen molar-refractivity contribution in [2.45, 2.75) is 20.3 Å². The van der Waals surface area contributed by atoms with Gasteiger partial charge >= 0.3 is 0 Å². The zero-order valence-corrected chi connectivity index (χ0v) is 10.5. The molecular weight excluding hydrogens is 204 g/mol. The van der Waals surface area contributed by atoms with Gasteiger partial charge in [0.05, 0.1) is 0 Å². The molecule has 0 atom stereocenters. The summed E-state index contributed by atoms with van der Waals surface area (Å²) < 4.78 is 0. The van der Waals surface area contributed by atoms with Gasteiger partial charge < -0.3 is 0 Å². The maximum absolute atomic E-state index is 2.28. The van der Waals surface area contributed by atoms with E-state index in [1.54, 1.807) is 0 Å². The third-order valence-electron chi connectivity index (χ3n) is 2.83. The minimum absolute atomic E-state index is 1.01. The third-order valence-corrected chi connectivity index (χ3v) is 2.83. The van der Waals surface area contributed by atoms with Crippen LogP contribution >= 0.6 is 0 Å². The van der Waals surface area contributed by atoms with Crippen molar-refractivity contribution in [1.82, 2.24) is 0 Å². The monoisotopic (exact) mass is 222 g/mol. The standard InChI is InChI=1S/C17H18/c1-14(2)12-13-16-10-6-7-11-17(16)15-8-4-3-5-9-15/h3-12H,13H2,1-2H3. The molecule has 0 fully saturated rings. The first-order valence-electron chi connectivity index (χ1n) is 6.04. The van der Waals surface area contributed by atoms with Crippen LogP contribution in [0.25, 0.3) is 11.1 Å². The molecule has 0 radical (unpaired) electrons. The number of rotatable bonds is 3. The van der Waals surface area contributed by atoms with Gasteiger partial charge in [-0.1, -0.05) is 66.2 Å². The second kappa shape index (κ2) is 5.49. The van der Waals surface area contributed by atoms with Gasteiger partial charge in [-0.15, -0.1) is 0 Å². The molecule has 2 aromatic carbocycles. The van der Waals surface area contributed by atoms with Gasteiger partial charge in [0, 0.05) is 0 Å². The molecule has 17 heavy (non-hydrogen) atoms. The average Bonchev–Trinajstić information content (AvgIpc) is 2.38. The molecule has 0 N–H and O–H groups in total. The van der Waals surface area contributed by atoms with Crippen LogP contribution in [-0.4, -0.2) is 0 Å². The molecule has 86 valence electrons. The molecule has 0 aliphatic heterocycles. The Kier molecular flexibility index (Phi) is 3.77. The lowest BCUT2D eigenvalue weighted by Gasteiger charge is -2.08. The second-order valence-corrected chi connectivity index (χ2v) is 4.51. The van der Waals surface area contributed by atoms with Crippen LogP contribution in [0.2, 0.25) is 0 Å². The molecule has 0 saturated carbocycles. The average molecular weight is 222 g/mol. The molecule has 2 rings (SSSR count). The van der Waals surface area contributed by atoms with E-state index in [4.69, 9.17) is 0 Å². The molecule has 0 aliphatic carbocycles. The molecule has 0 bridgehead atoms. The van der Waals surface area contributed by atoms with Crippen molar-refractivity contribution in [2.24, 2.45) is 0 Å². The molecule has 0 nitrogen and oxygen atoms in total. The Morgan fingerprint density at radius 2 is 1.53 bits per heavy atom. The van der Waals surface area contributed by atoms with E-state index in [0.717, 1.165) is 6.42 Å². The smallest absolute Gasteiger partial charge is 0.00888 e. The number of benzene rings is 2. The predicted octanol–water partition coefficient (Wildman–Crippen LogP) is 4.86. The molecule has 0 saturated heterocycles. The minimum Gasteiger partial charge on any atom is -0.0815 e. The molecule has 0 unspecified atom stereocenters. The summed E-state index contributed by atoms with van der Waals surface area (Å²) in [6, 6.07) is 19.2. The van der Waals surface area contributed by atoms with Gasteiger partial charge in [0.25, 0.3) is 0 Å². The Hall–Kier alpha value is -1.82. The van der Waals surface area contributed by atoms with E-state index in [2.05, 4.69) is 74.5 Å². The summed E-state index contributed by atoms with van der Waals surface area (Å²) in [5.41, 5.74) is 5.39. The van der Waals surface area contributed by atoms with E-state index in [1.165, 1.54) is 22.3 Å². The van der Waals surface area contributed by atoms with Crippen LogP contribution in [0.5, 0.6) is 0 Å². The van der Waals surface area contributed by atoms with Gasteiger partial charge in [0.15, 0.2) is 0 Å². The number of hydrogen-bond donors (Lipinski definition) is 0. The summed E-state index contributed by atoms with van der Waals surface area (Å²) >= 11 is 0. The van der Waals surface area contributed by atoms with Crippen molar-refractivity contribution in [1.29, 1.82) is 0 Å². The summed E-state index contributed by atoms with van der Waals surface area (Å²) in [5, 5.41) is 0. The fraction of sp³-hybridized carbons (Fsp3) is 0.176. The quantitative estimate of drug-likeness (QED) is 0.650. The highest BCUT2D eigenvalue weighted by Gasteiger charge is 2.02. The van der Waals surface area contributed by atoms with Crippen molar-refractivity contribution in [3.05, 3.63) is 71.8 Å². The zero-order chi connectivity index (χ0) is 12.1. The molecule has 0 aliphatic rings. The highest BCUT2D eigenvalue weighted by Crippen LogP contribution is 2.24. The molecule has 0 heterocycles. The van der Waals surface area contributed by atoms with Crippen molar-refractivity contribution >= 4 is 0 Å². The summed E-state index contributed by atoms with van der Waals surface area (Å²) in [6.07, 6.45) is 3.29. The van der Waals surface area contributed by atoms with E-state index < -0.39 is 0 Å². The Morgan fingerprint density at radius 1 is 0.882 bits per heavy atom. The molecule has 2 aromatic rings. The highest BCUT2D eigenvalue weighted by molar-refractivity contribution is 5.67. The van der Waals surface area contributed by atoms with Gasteiger partial charge in [0.2, 0.25) is 0 Å². The summed E-state index contributed by atoms with van der Waals surface area (Å²) in [5.74, 6) is 0. The minimum atomic E-state index is 1.01. The normalized spacial score (nSPS) is 10.0. The van der Waals surface area contributed by atoms with Crippen LogP contribution in [0, 0.1) is 0 Å². The number of hydrogen-bond acceptors (Lipinski definition) is 0. The predicted molar refractivity (Wildman–Crippen MR) is 75.0 cm³/mol. The molecule has 0 aromatic heterocycles. The Morgan fingerprint density at radius 3 is 2.24 bits per heavy atom. The van der Waals surface area contributed by atoms with E-state index in [-0.39, 0.29) is 0 Å². The summed E-state index contributed by atoms with van der Waals surface area (Å²) in [7, 11) is 0. The van der Waals surface area contributed by atoms with E-state index in [9.17, 15) is 0 Å². The largest absolute Gasteiger partial charge is 0.0815 e. The Labute approximate surface area is 104 Å². The SMILES string of the molecule is CC(C)=CCc1ccccc1-c1ccccc1. The van der Waals surface area contributed by atoms with E-state index >= 15 is 0 Å². The van der Waals surface area contributed by atoms with Gasteiger partial charge in [-0.2, -0.15) is 0 Å². The fourth-order valence-electron chi connectivity index (χ4n) is 1.91. The van der Waals surface area contributed by atoms with Crippen LogP contribution in [0.3, 0.4) is 0 Å². The lowest BCUT2D eigenvalue weighted by Crippen LogP contribution is -1.88. The lowest BCUT2D eigenvalue weighted by molar-refractivity contribution is 1.22. The highest BCUT2D eigenvalue weighted by atomic mass is 14.1. The van der Waals surface area contributed by atoms with E-state index in [1.807, 2.05) is 0 Å². The lowest BCUT2D eigenvalue weighted by atomic mass is 9.97. The molecular formula is C17H18. The van der Waals surface area contributed by atoms with Crippen LogP contribution in [0.4, 0.5) is 0 Å². The second-order valence-electron chi connectivity index (χ2n) is 4.51. The van der Waals surface area contributed by atoms with Crippen LogP contribution in [0.15, 0.2) is 66.2 Å². The summed E-state index contributed by atoms with van der Waals surface area (Å²) in [6.45, 7) is 4.29. The molecule has 0 amide bonds. The third kappa shape index (κ3) is 3.07. The van der Waals surface area contributed by atoms with Crippen LogP contribution in [0.1, 0.15) is 19.4 Å². The Balaban J connectivity index is 2.38. The first-order chi connectivity index (χ1) is 8.27. The zero-order valence-electron chi connectivity index (χ0n) is 10.5. The van der Waals surface area contributed by atoms with Gasteiger partial charge in [-0.25, -0.2) is 0 Å². The first-order valence-corrected chi connectivity index (χ1v) is 6.04. The van der Waals surface area contributed by atoms with Crippen LogP contribution < -0.4 is 0 Å². The Bertz CT molecular complexity index is 503. The van der Waals surface area contributed by atoms with Gasteiger partial charge in [-0.05, 0) is 37.0 Å². The number of allylic oxidation sites excluding steroid dienone is 2. The fourth-order valence-corrected chi connectivity index (χ4v) is 1.91. The maximum atomic E-state index is 2.28. The molecule has 0 heteroatoms. The van der Waals surface area contributed by atoms with Crippen molar-refractivity contribution in [3.8, 4) is 11.1 Å². The van der Waals surface area contributed by atoms with Crippen LogP contribution in [-0.2, 0) is 6.42 Å². The van der Waals surface area contributed by atoms with Crippen molar-refractivity contribution < 1.29 is 0 Å². The summed E-state index contributed by atoms with van der Waals surface area (Å²) in [4.78, 5) is 0. The van der Waals surface area contributed by atoms with Gasteiger partial charge in [-0.3, -0.25) is 0 Å².